The van der Waals surface area contributed by atoms with Gasteiger partial charge in [-0.1, -0.05) is 36.0 Å². The summed E-state index contributed by atoms with van der Waals surface area (Å²) in [7, 11) is 1.66. The van der Waals surface area contributed by atoms with E-state index in [2.05, 4.69) is 38.8 Å². The molecule has 3 aromatic rings. The summed E-state index contributed by atoms with van der Waals surface area (Å²) in [5.74, 6) is 3.51. The molecule has 0 atom stereocenters. The van der Waals surface area contributed by atoms with Gasteiger partial charge in [-0.25, -0.2) is 0 Å². The molecule has 2 aromatic heterocycles. The van der Waals surface area contributed by atoms with Crippen LogP contribution in [0.2, 0.25) is 0 Å². The number of benzene rings is 1. The number of aromatic nitrogens is 5. The van der Waals surface area contributed by atoms with Crippen molar-refractivity contribution in [2.24, 2.45) is 0 Å². The zero-order valence-corrected chi connectivity index (χ0v) is 15.4. The Balaban J connectivity index is 1.80. The van der Waals surface area contributed by atoms with Crippen molar-refractivity contribution in [3.05, 3.63) is 36.0 Å². The summed E-state index contributed by atoms with van der Waals surface area (Å²) in [6, 6.07) is 7.81. The summed E-state index contributed by atoms with van der Waals surface area (Å²) in [5, 5.41) is 13.5. The fraction of sp³-hybridized carbons (Fsp3) is 0.412. The molecule has 25 heavy (non-hydrogen) atoms. The average molecular weight is 359 g/mol. The lowest BCUT2D eigenvalue weighted by Crippen LogP contribution is -2.01. The Morgan fingerprint density at radius 3 is 2.80 bits per heavy atom. The van der Waals surface area contributed by atoms with Gasteiger partial charge in [0.2, 0.25) is 5.89 Å². The number of ether oxygens (including phenoxy) is 1. The fourth-order valence-electron chi connectivity index (χ4n) is 2.51. The van der Waals surface area contributed by atoms with Crippen molar-refractivity contribution in [1.82, 2.24) is 24.9 Å². The van der Waals surface area contributed by atoms with E-state index in [0.717, 1.165) is 47.5 Å². The molecule has 0 spiro atoms. The van der Waals surface area contributed by atoms with E-state index in [9.17, 15) is 0 Å². The Hall–Kier alpha value is -2.35. The SMILES string of the molecule is CCCc1noc(CSc2nnc(-c3ccccc3OC)n2CC)n1. The van der Waals surface area contributed by atoms with Gasteiger partial charge in [0.15, 0.2) is 16.8 Å². The van der Waals surface area contributed by atoms with Gasteiger partial charge in [-0.2, -0.15) is 4.98 Å². The van der Waals surface area contributed by atoms with Gasteiger partial charge in [0.25, 0.3) is 0 Å². The van der Waals surface area contributed by atoms with Crippen LogP contribution in [0.3, 0.4) is 0 Å². The molecule has 0 unspecified atom stereocenters. The Morgan fingerprint density at radius 2 is 2.04 bits per heavy atom. The number of rotatable bonds is 8. The van der Waals surface area contributed by atoms with Gasteiger partial charge < -0.3 is 13.8 Å². The minimum Gasteiger partial charge on any atom is -0.496 e. The van der Waals surface area contributed by atoms with Crippen LogP contribution in [0, 0.1) is 0 Å². The summed E-state index contributed by atoms with van der Waals surface area (Å²) < 4.78 is 12.8. The van der Waals surface area contributed by atoms with Crippen molar-refractivity contribution >= 4 is 11.8 Å². The predicted molar refractivity (Wildman–Crippen MR) is 95.5 cm³/mol. The van der Waals surface area contributed by atoms with E-state index in [1.165, 1.54) is 11.8 Å². The molecule has 0 saturated carbocycles. The molecular formula is C17H21N5O2S. The highest BCUT2D eigenvalue weighted by Crippen LogP contribution is 2.31. The molecule has 0 bridgehead atoms. The quantitative estimate of drug-likeness (QED) is 0.569. The minimum atomic E-state index is 0.570. The number of hydrogen-bond donors (Lipinski definition) is 0. The van der Waals surface area contributed by atoms with Crippen molar-refractivity contribution in [2.45, 2.75) is 44.1 Å². The average Bonchev–Trinajstić information content (AvgIpc) is 3.26. The molecule has 0 radical (unpaired) electrons. The third-order valence-corrected chi connectivity index (χ3v) is 4.64. The highest BCUT2D eigenvalue weighted by molar-refractivity contribution is 7.98. The molecule has 0 aliphatic carbocycles. The smallest absolute Gasteiger partial charge is 0.237 e. The zero-order chi connectivity index (χ0) is 17.6. The van der Waals surface area contributed by atoms with E-state index in [1.807, 2.05) is 24.3 Å². The largest absolute Gasteiger partial charge is 0.496 e. The monoisotopic (exact) mass is 359 g/mol. The predicted octanol–water partition coefficient (Wildman–Crippen LogP) is 3.60. The summed E-state index contributed by atoms with van der Waals surface area (Å²) >= 11 is 1.54. The van der Waals surface area contributed by atoms with E-state index in [1.54, 1.807) is 7.11 Å². The first kappa shape index (κ1) is 17.5. The van der Waals surface area contributed by atoms with Gasteiger partial charge in [-0.15, -0.1) is 10.2 Å². The lowest BCUT2D eigenvalue weighted by molar-refractivity contribution is 0.384. The number of methoxy groups -OCH3 is 1. The van der Waals surface area contributed by atoms with Gasteiger partial charge in [-0.05, 0) is 25.5 Å². The highest BCUT2D eigenvalue weighted by Gasteiger charge is 2.17. The maximum absolute atomic E-state index is 5.44. The standard InChI is InChI=1S/C17H21N5O2S/c1-4-8-14-18-15(24-21-14)11-25-17-20-19-16(22(17)5-2)12-9-6-7-10-13(12)23-3/h6-7,9-10H,4-5,8,11H2,1-3H3. The molecule has 0 N–H and O–H groups in total. The normalized spacial score (nSPS) is 11.0. The Kier molecular flexibility index (Phi) is 5.70. The van der Waals surface area contributed by atoms with Crippen molar-refractivity contribution in [3.63, 3.8) is 0 Å². The number of nitrogens with zero attached hydrogens (tertiary/aromatic N) is 5. The molecular weight excluding hydrogens is 338 g/mol. The first-order valence-electron chi connectivity index (χ1n) is 8.27. The van der Waals surface area contributed by atoms with E-state index in [4.69, 9.17) is 9.26 Å². The summed E-state index contributed by atoms with van der Waals surface area (Å²) in [5.41, 5.74) is 0.925. The molecule has 1 aromatic carbocycles. The van der Waals surface area contributed by atoms with E-state index in [-0.39, 0.29) is 0 Å². The van der Waals surface area contributed by atoms with E-state index in [0.29, 0.717) is 11.6 Å². The van der Waals surface area contributed by atoms with Crippen LogP contribution in [-0.2, 0) is 18.7 Å². The Bertz CT molecular complexity index is 830. The second kappa shape index (κ2) is 8.15. The number of aryl methyl sites for hydroxylation is 1. The van der Waals surface area contributed by atoms with Crippen LogP contribution in [0.5, 0.6) is 5.75 Å². The molecule has 0 saturated heterocycles. The van der Waals surface area contributed by atoms with Crippen LogP contribution in [-0.4, -0.2) is 32.0 Å². The number of para-hydroxylation sites is 1. The van der Waals surface area contributed by atoms with Gasteiger partial charge in [0, 0.05) is 13.0 Å². The van der Waals surface area contributed by atoms with E-state index < -0.39 is 0 Å². The molecule has 0 aliphatic rings. The molecule has 0 aliphatic heterocycles. The van der Waals surface area contributed by atoms with E-state index >= 15 is 0 Å². The van der Waals surface area contributed by atoms with Crippen LogP contribution in [0.1, 0.15) is 32.0 Å². The molecule has 0 amide bonds. The fourth-order valence-corrected chi connectivity index (χ4v) is 3.35. The summed E-state index contributed by atoms with van der Waals surface area (Å²) in [6.07, 6.45) is 1.83. The summed E-state index contributed by atoms with van der Waals surface area (Å²) in [4.78, 5) is 4.39. The van der Waals surface area contributed by atoms with Gasteiger partial charge in [0.05, 0.1) is 18.4 Å². The van der Waals surface area contributed by atoms with Gasteiger partial charge in [0.1, 0.15) is 5.75 Å². The zero-order valence-electron chi connectivity index (χ0n) is 14.6. The molecule has 8 heteroatoms. The van der Waals surface area contributed by atoms with Crippen LogP contribution >= 0.6 is 11.8 Å². The Morgan fingerprint density at radius 1 is 1.20 bits per heavy atom. The highest BCUT2D eigenvalue weighted by atomic mass is 32.2. The maximum atomic E-state index is 5.44. The molecule has 3 rings (SSSR count). The first-order chi connectivity index (χ1) is 12.3. The third-order valence-electron chi connectivity index (χ3n) is 3.69. The molecule has 2 heterocycles. The topological polar surface area (TPSA) is 78.9 Å². The lowest BCUT2D eigenvalue weighted by Gasteiger charge is -2.09. The first-order valence-corrected chi connectivity index (χ1v) is 9.26. The number of thioether (sulfide) groups is 1. The second-order valence-corrected chi connectivity index (χ2v) is 6.34. The van der Waals surface area contributed by atoms with Crippen LogP contribution in [0.15, 0.2) is 33.9 Å². The molecule has 132 valence electrons. The third kappa shape index (κ3) is 3.84. The van der Waals surface area contributed by atoms with Crippen molar-refractivity contribution in [1.29, 1.82) is 0 Å². The van der Waals surface area contributed by atoms with Crippen LogP contribution < -0.4 is 4.74 Å². The second-order valence-electron chi connectivity index (χ2n) is 5.39. The lowest BCUT2D eigenvalue weighted by atomic mass is 10.2. The molecule has 7 nitrogen and oxygen atoms in total. The maximum Gasteiger partial charge on any atom is 0.237 e. The minimum absolute atomic E-state index is 0.570. The van der Waals surface area contributed by atoms with Crippen molar-refractivity contribution < 1.29 is 9.26 Å². The Labute approximate surface area is 150 Å². The summed E-state index contributed by atoms with van der Waals surface area (Å²) in [6.45, 7) is 4.92. The van der Waals surface area contributed by atoms with Gasteiger partial charge in [-0.3, -0.25) is 0 Å². The van der Waals surface area contributed by atoms with Crippen LogP contribution in [0.4, 0.5) is 0 Å². The van der Waals surface area contributed by atoms with Crippen LogP contribution in [0.25, 0.3) is 11.4 Å². The molecule has 0 fully saturated rings. The van der Waals surface area contributed by atoms with Crippen molar-refractivity contribution in [2.75, 3.05) is 7.11 Å². The van der Waals surface area contributed by atoms with Gasteiger partial charge >= 0.3 is 0 Å². The number of hydrogen-bond acceptors (Lipinski definition) is 7. The van der Waals surface area contributed by atoms with Crippen molar-refractivity contribution in [3.8, 4) is 17.1 Å².